The molecule has 0 aromatic carbocycles. The van der Waals surface area contributed by atoms with E-state index in [2.05, 4.69) is 10.6 Å². The summed E-state index contributed by atoms with van der Waals surface area (Å²) in [4.78, 5) is 36.6. The van der Waals surface area contributed by atoms with Gasteiger partial charge in [-0.05, 0) is 18.6 Å². The Balaban J connectivity index is 2.69. The van der Waals surface area contributed by atoms with Crippen LogP contribution in [0.25, 0.3) is 0 Å². The highest BCUT2D eigenvalue weighted by Gasteiger charge is 2.33. The molecule has 7 nitrogen and oxygen atoms in total. The summed E-state index contributed by atoms with van der Waals surface area (Å²) >= 11 is 5.15. The number of rotatable bonds is 5. The van der Waals surface area contributed by atoms with E-state index in [1.807, 2.05) is 6.92 Å². The fraction of sp³-hybridized carbons (Fsp3) is 0.692. The summed E-state index contributed by atoms with van der Waals surface area (Å²) in [6.07, 6.45) is 0.925. The van der Waals surface area contributed by atoms with E-state index < -0.39 is 12.0 Å². The molecule has 1 heterocycles. The number of piperazine rings is 1. The van der Waals surface area contributed by atoms with Crippen LogP contribution in [-0.4, -0.2) is 53.5 Å². The molecule has 0 bridgehead atoms. The molecule has 2 N–H and O–H groups in total. The number of hydrogen-bond donors (Lipinski definition) is 2. The van der Waals surface area contributed by atoms with Gasteiger partial charge in [0.2, 0.25) is 11.8 Å². The molecule has 1 fully saturated rings. The van der Waals surface area contributed by atoms with Crippen LogP contribution in [-0.2, 0) is 19.1 Å². The molecule has 21 heavy (non-hydrogen) atoms. The number of esters is 1. The van der Waals surface area contributed by atoms with E-state index in [0.717, 1.165) is 6.42 Å². The van der Waals surface area contributed by atoms with Gasteiger partial charge in [-0.15, -0.1) is 0 Å². The van der Waals surface area contributed by atoms with Gasteiger partial charge in [-0.25, -0.2) is 0 Å². The van der Waals surface area contributed by atoms with Crippen LogP contribution in [0.4, 0.5) is 0 Å². The first-order valence-corrected chi connectivity index (χ1v) is 7.44. The zero-order chi connectivity index (χ0) is 15.8. The van der Waals surface area contributed by atoms with Gasteiger partial charge in [0, 0.05) is 19.5 Å². The van der Waals surface area contributed by atoms with Gasteiger partial charge in [-0.1, -0.05) is 13.8 Å². The van der Waals surface area contributed by atoms with Crippen molar-refractivity contribution in [2.75, 3.05) is 19.7 Å². The van der Waals surface area contributed by atoms with Crippen molar-refractivity contribution >= 4 is 35.1 Å². The largest absolute Gasteiger partial charge is 0.466 e. The SMILES string of the molecule is CCCOC(=O)CC1C(=O)NCCN1C(=S)NC(=O)CC. The number of thiocarbonyl (C=S) groups is 1. The van der Waals surface area contributed by atoms with Crippen LogP contribution in [0, 0.1) is 0 Å². The van der Waals surface area contributed by atoms with Crippen molar-refractivity contribution in [2.24, 2.45) is 0 Å². The van der Waals surface area contributed by atoms with Crippen molar-refractivity contribution in [3.8, 4) is 0 Å². The molecular weight excluding hydrogens is 294 g/mol. The first-order chi connectivity index (χ1) is 9.99. The molecule has 2 amide bonds. The number of ether oxygens (including phenoxy) is 1. The highest BCUT2D eigenvalue weighted by molar-refractivity contribution is 7.80. The van der Waals surface area contributed by atoms with E-state index in [1.54, 1.807) is 11.8 Å². The second kappa shape index (κ2) is 8.56. The Bertz CT molecular complexity index is 428. The molecule has 0 spiro atoms. The molecule has 0 aromatic heterocycles. The molecule has 1 unspecified atom stereocenters. The second-order valence-corrected chi connectivity index (χ2v) is 5.02. The molecule has 0 saturated carbocycles. The minimum atomic E-state index is -0.743. The van der Waals surface area contributed by atoms with Crippen LogP contribution < -0.4 is 10.6 Å². The van der Waals surface area contributed by atoms with E-state index in [9.17, 15) is 14.4 Å². The maximum Gasteiger partial charge on any atom is 0.308 e. The summed E-state index contributed by atoms with van der Waals surface area (Å²) in [7, 11) is 0. The zero-order valence-electron chi connectivity index (χ0n) is 12.3. The monoisotopic (exact) mass is 315 g/mol. The van der Waals surface area contributed by atoms with Gasteiger partial charge in [0.25, 0.3) is 0 Å². The van der Waals surface area contributed by atoms with Gasteiger partial charge in [-0.2, -0.15) is 0 Å². The summed E-state index contributed by atoms with van der Waals surface area (Å²) < 4.78 is 5.00. The third-order valence-electron chi connectivity index (χ3n) is 2.99. The molecule has 1 atom stereocenters. The Labute approximate surface area is 129 Å². The lowest BCUT2D eigenvalue weighted by Crippen LogP contribution is -2.60. The summed E-state index contributed by atoms with van der Waals surface area (Å²) in [5.74, 6) is -0.963. The highest BCUT2D eigenvalue weighted by atomic mass is 32.1. The summed E-state index contributed by atoms with van der Waals surface area (Å²) in [6, 6.07) is -0.743. The van der Waals surface area contributed by atoms with Gasteiger partial charge < -0.3 is 20.3 Å². The molecule has 1 aliphatic heterocycles. The number of carbonyl (C=O) groups is 3. The molecule has 118 valence electrons. The molecule has 0 aliphatic carbocycles. The molecule has 8 heteroatoms. The Kier molecular flexibility index (Phi) is 7.07. The summed E-state index contributed by atoms with van der Waals surface area (Å²) in [5.41, 5.74) is 0. The van der Waals surface area contributed by atoms with Crippen molar-refractivity contribution < 1.29 is 19.1 Å². The molecule has 0 radical (unpaired) electrons. The van der Waals surface area contributed by atoms with Crippen LogP contribution >= 0.6 is 12.2 Å². The van der Waals surface area contributed by atoms with E-state index in [1.165, 1.54) is 0 Å². The van der Waals surface area contributed by atoms with E-state index in [0.29, 0.717) is 26.1 Å². The van der Waals surface area contributed by atoms with Gasteiger partial charge in [0.15, 0.2) is 5.11 Å². The molecule has 1 rings (SSSR count). The van der Waals surface area contributed by atoms with Gasteiger partial charge in [-0.3, -0.25) is 14.4 Å². The van der Waals surface area contributed by atoms with Gasteiger partial charge in [0.1, 0.15) is 6.04 Å². The Morgan fingerprint density at radius 2 is 2.19 bits per heavy atom. The molecule has 0 aromatic rings. The molecule has 1 saturated heterocycles. The van der Waals surface area contributed by atoms with Crippen LogP contribution in [0.1, 0.15) is 33.1 Å². The maximum atomic E-state index is 11.9. The number of nitrogens with zero attached hydrogens (tertiary/aromatic N) is 1. The van der Waals surface area contributed by atoms with E-state index >= 15 is 0 Å². The highest BCUT2D eigenvalue weighted by Crippen LogP contribution is 2.10. The van der Waals surface area contributed by atoms with Gasteiger partial charge >= 0.3 is 5.97 Å². The Morgan fingerprint density at radius 1 is 1.48 bits per heavy atom. The van der Waals surface area contributed by atoms with Crippen LogP contribution in [0.15, 0.2) is 0 Å². The molecule has 1 aliphatic rings. The third kappa shape index (κ3) is 5.30. The van der Waals surface area contributed by atoms with Gasteiger partial charge in [0.05, 0.1) is 13.0 Å². The van der Waals surface area contributed by atoms with Crippen molar-refractivity contribution in [2.45, 2.75) is 39.2 Å². The van der Waals surface area contributed by atoms with E-state index in [-0.39, 0.29) is 23.3 Å². The third-order valence-corrected chi connectivity index (χ3v) is 3.32. The zero-order valence-corrected chi connectivity index (χ0v) is 13.1. The number of nitrogens with one attached hydrogen (secondary N) is 2. The quantitative estimate of drug-likeness (QED) is 0.546. The normalized spacial score (nSPS) is 17.9. The standard InChI is InChI=1S/C13H21N3O4S/c1-3-7-20-11(18)8-9-12(19)14-5-6-16(9)13(21)15-10(17)4-2/h9H,3-8H2,1-2H3,(H,14,19)(H,15,17,21). The fourth-order valence-corrected chi connectivity index (χ4v) is 2.21. The predicted molar refractivity (Wildman–Crippen MR) is 80.4 cm³/mol. The Morgan fingerprint density at radius 3 is 2.81 bits per heavy atom. The first kappa shape index (κ1) is 17.4. The van der Waals surface area contributed by atoms with Crippen molar-refractivity contribution in [1.29, 1.82) is 0 Å². The van der Waals surface area contributed by atoms with E-state index in [4.69, 9.17) is 17.0 Å². The Hall–Kier alpha value is -1.70. The van der Waals surface area contributed by atoms with Crippen LogP contribution in [0.3, 0.4) is 0 Å². The second-order valence-electron chi connectivity index (χ2n) is 4.63. The lowest BCUT2D eigenvalue weighted by molar-refractivity contribution is -0.147. The summed E-state index contributed by atoms with van der Waals surface area (Å²) in [6.45, 7) is 4.79. The number of amides is 2. The van der Waals surface area contributed by atoms with Crippen molar-refractivity contribution in [3.05, 3.63) is 0 Å². The lowest BCUT2D eigenvalue weighted by atomic mass is 10.1. The van der Waals surface area contributed by atoms with Crippen LogP contribution in [0.5, 0.6) is 0 Å². The fourth-order valence-electron chi connectivity index (χ4n) is 1.87. The minimum absolute atomic E-state index is 0.0893. The smallest absolute Gasteiger partial charge is 0.308 e. The minimum Gasteiger partial charge on any atom is -0.466 e. The van der Waals surface area contributed by atoms with Crippen molar-refractivity contribution in [1.82, 2.24) is 15.5 Å². The van der Waals surface area contributed by atoms with Crippen LogP contribution in [0.2, 0.25) is 0 Å². The lowest BCUT2D eigenvalue weighted by Gasteiger charge is -2.36. The summed E-state index contributed by atoms with van der Waals surface area (Å²) in [5, 5.41) is 5.41. The van der Waals surface area contributed by atoms with Crippen molar-refractivity contribution in [3.63, 3.8) is 0 Å². The topological polar surface area (TPSA) is 87.7 Å². The predicted octanol–water partition coefficient (Wildman–Crippen LogP) is -0.0588. The average molecular weight is 315 g/mol. The number of carbonyl (C=O) groups excluding carboxylic acids is 3. The average Bonchev–Trinajstić information content (AvgIpc) is 2.46. The first-order valence-electron chi connectivity index (χ1n) is 7.03. The molecular formula is C13H21N3O4S. The maximum absolute atomic E-state index is 11.9. The number of hydrogen-bond acceptors (Lipinski definition) is 5.